The molecule has 2 atom stereocenters. The highest BCUT2D eigenvalue weighted by atomic mass is 32.2. The van der Waals surface area contributed by atoms with Gasteiger partial charge in [-0.25, -0.2) is 0 Å². The molecule has 78 valence electrons. The zero-order chi connectivity index (χ0) is 10.7. The van der Waals surface area contributed by atoms with Gasteiger partial charge in [-0.1, -0.05) is 12.1 Å². The predicted molar refractivity (Wildman–Crippen MR) is 63.0 cm³/mol. The van der Waals surface area contributed by atoms with E-state index in [2.05, 4.69) is 12.0 Å². The second-order valence-electron chi connectivity index (χ2n) is 3.49. The topological polar surface area (TPSA) is 35.2 Å². The number of para-hydroxylation sites is 1. The number of ether oxygens (including phenoxy) is 1. The number of thioether (sulfide) groups is 1. The van der Waals surface area contributed by atoms with Crippen molar-refractivity contribution < 1.29 is 4.74 Å². The van der Waals surface area contributed by atoms with E-state index in [4.69, 9.17) is 16.9 Å². The summed E-state index contributed by atoms with van der Waals surface area (Å²) in [5, 5.41) is 0. The molecule has 2 rings (SSSR count). The molecular formula is C12H13NOS. The van der Waals surface area contributed by atoms with Crippen LogP contribution in [0.2, 0.25) is 0 Å². The minimum absolute atomic E-state index is 0.0287. The summed E-state index contributed by atoms with van der Waals surface area (Å²) in [6.45, 7) is 0. The molecule has 1 aromatic carbocycles. The van der Waals surface area contributed by atoms with Crippen LogP contribution >= 0.6 is 11.8 Å². The average molecular weight is 219 g/mol. The van der Waals surface area contributed by atoms with E-state index in [1.165, 1.54) is 4.90 Å². The van der Waals surface area contributed by atoms with Gasteiger partial charge in [-0.05, 0) is 12.1 Å². The van der Waals surface area contributed by atoms with Gasteiger partial charge in [0.2, 0.25) is 0 Å². The van der Waals surface area contributed by atoms with E-state index < -0.39 is 0 Å². The van der Waals surface area contributed by atoms with Crippen molar-refractivity contribution in [3.63, 3.8) is 0 Å². The molecule has 0 aliphatic carbocycles. The average Bonchev–Trinajstić information content (AvgIpc) is 2.29. The first-order valence-electron chi connectivity index (χ1n) is 4.89. The molecule has 1 aromatic rings. The van der Waals surface area contributed by atoms with Gasteiger partial charge in [-0.2, -0.15) is 0 Å². The number of nitrogens with two attached hydrogens (primary N) is 1. The normalized spacial score (nSPS) is 20.9. The van der Waals surface area contributed by atoms with Crippen molar-refractivity contribution >= 4 is 11.8 Å². The molecular weight excluding hydrogens is 206 g/mol. The van der Waals surface area contributed by atoms with Gasteiger partial charge in [0.25, 0.3) is 0 Å². The maximum atomic E-state index is 5.94. The molecule has 0 amide bonds. The second-order valence-corrected chi connectivity index (χ2v) is 4.55. The molecule has 1 heterocycles. The standard InChI is InChI=1S/C12H13NOS/c1-2-5-9(13)11-8-15-12-7-4-3-6-10(12)14-11/h1,3-4,6-7,9,11H,5,8,13H2. The molecule has 1 aliphatic heterocycles. The van der Waals surface area contributed by atoms with Crippen molar-refractivity contribution in [2.24, 2.45) is 5.73 Å². The molecule has 0 aromatic heterocycles. The van der Waals surface area contributed by atoms with Crippen LogP contribution in [0, 0.1) is 12.3 Å². The van der Waals surface area contributed by atoms with Crippen LogP contribution in [0.25, 0.3) is 0 Å². The lowest BCUT2D eigenvalue weighted by atomic mass is 10.1. The van der Waals surface area contributed by atoms with Gasteiger partial charge < -0.3 is 10.5 Å². The molecule has 3 heteroatoms. The van der Waals surface area contributed by atoms with E-state index in [0.29, 0.717) is 6.42 Å². The van der Waals surface area contributed by atoms with Crippen LogP contribution in [0.3, 0.4) is 0 Å². The summed E-state index contributed by atoms with van der Waals surface area (Å²) in [6.07, 6.45) is 5.83. The van der Waals surface area contributed by atoms with Crippen molar-refractivity contribution in [3.05, 3.63) is 24.3 Å². The van der Waals surface area contributed by atoms with Crippen molar-refractivity contribution in [1.82, 2.24) is 0 Å². The third kappa shape index (κ3) is 2.28. The Hall–Kier alpha value is -1.11. The first-order valence-corrected chi connectivity index (χ1v) is 5.87. The minimum atomic E-state index is -0.0733. The Morgan fingerprint density at radius 2 is 2.40 bits per heavy atom. The number of rotatable bonds is 2. The smallest absolute Gasteiger partial charge is 0.133 e. The molecule has 15 heavy (non-hydrogen) atoms. The molecule has 2 N–H and O–H groups in total. The number of benzene rings is 1. The molecule has 2 unspecified atom stereocenters. The van der Waals surface area contributed by atoms with Gasteiger partial charge >= 0.3 is 0 Å². The lowest BCUT2D eigenvalue weighted by molar-refractivity contribution is 0.186. The first kappa shape index (κ1) is 10.4. The first-order chi connectivity index (χ1) is 7.31. The molecule has 1 aliphatic rings. The molecule has 2 nitrogen and oxygen atoms in total. The van der Waals surface area contributed by atoms with E-state index in [9.17, 15) is 0 Å². The summed E-state index contributed by atoms with van der Waals surface area (Å²) in [5.74, 6) is 4.37. The summed E-state index contributed by atoms with van der Waals surface area (Å²) in [5.41, 5.74) is 5.94. The quantitative estimate of drug-likeness (QED) is 0.771. The summed E-state index contributed by atoms with van der Waals surface area (Å²) < 4.78 is 5.80. The van der Waals surface area contributed by atoms with Crippen LogP contribution in [-0.4, -0.2) is 17.9 Å². The predicted octanol–water partition coefficient (Wildman–Crippen LogP) is 1.89. The van der Waals surface area contributed by atoms with Gasteiger partial charge in [0.15, 0.2) is 0 Å². The highest BCUT2D eigenvalue weighted by Crippen LogP contribution is 2.35. The zero-order valence-electron chi connectivity index (χ0n) is 8.35. The second kappa shape index (κ2) is 4.61. The number of hydrogen-bond donors (Lipinski definition) is 1. The molecule has 0 bridgehead atoms. The Kier molecular flexibility index (Phi) is 3.20. The third-order valence-electron chi connectivity index (χ3n) is 2.36. The lowest BCUT2D eigenvalue weighted by Crippen LogP contribution is -2.41. The van der Waals surface area contributed by atoms with Gasteiger partial charge in [0, 0.05) is 17.1 Å². The zero-order valence-corrected chi connectivity index (χ0v) is 9.17. The van der Waals surface area contributed by atoms with Gasteiger partial charge in [-0.15, -0.1) is 24.1 Å². The largest absolute Gasteiger partial charge is 0.487 e. The lowest BCUT2D eigenvalue weighted by Gasteiger charge is -2.28. The number of hydrogen-bond acceptors (Lipinski definition) is 3. The van der Waals surface area contributed by atoms with E-state index in [0.717, 1.165) is 11.5 Å². The van der Waals surface area contributed by atoms with Crippen LogP contribution in [0.1, 0.15) is 6.42 Å². The van der Waals surface area contributed by atoms with E-state index in [-0.39, 0.29) is 12.1 Å². The minimum Gasteiger partial charge on any atom is -0.487 e. The maximum absolute atomic E-state index is 5.94. The van der Waals surface area contributed by atoms with Crippen LogP contribution in [-0.2, 0) is 0 Å². The monoisotopic (exact) mass is 219 g/mol. The fraction of sp³-hybridized carbons (Fsp3) is 0.333. The van der Waals surface area contributed by atoms with Gasteiger partial charge in [0.1, 0.15) is 11.9 Å². The summed E-state index contributed by atoms with van der Waals surface area (Å²) in [4.78, 5) is 1.18. The fourth-order valence-corrected chi connectivity index (χ4v) is 2.61. The van der Waals surface area contributed by atoms with Gasteiger partial charge in [0.05, 0.1) is 6.04 Å². The van der Waals surface area contributed by atoms with Crippen molar-refractivity contribution in [1.29, 1.82) is 0 Å². The van der Waals surface area contributed by atoms with Crippen molar-refractivity contribution in [2.45, 2.75) is 23.5 Å². The molecule has 0 saturated carbocycles. The van der Waals surface area contributed by atoms with E-state index >= 15 is 0 Å². The molecule has 0 fully saturated rings. The van der Waals surface area contributed by atoms with Crippen molar-refractivity contribution in [2.75, 3.05) is 5.75 Å². The Balaban J connectivity index is 2.09. The number of terminal acetylenes is 1. The maximum Gasteiger partial charge on any atom is 0.133 e. The number of fused-ring (bicyclic) bond motifs is 1. The third-order valence-corrected chi connectivity index (χ3v) is 3.51. The Bertz CT molecular complexity index is 385. The van der Waals surface area contributed by atoms with Crippen LogP contribution in [0.15, 0.2) is 29.2 Å². The van der Waals surface area contributed by atoms with E-state index in [1.807, 2.05) is 18.2 Å². The summed E-state index contributed by atoms with van der Waals surface area (Å²) in [7, 11) is 0. The highest BCUT2D eigenvalue weighted by molar-refractivity contribution is 7.99. The SMILES string of the molecule is C#CCC(N)C1CSc2ccccc2O1. The van der Waals surface area contributed by atoms with Gasteiger partial charge in [-0.3, -0.25) is 0 Å². The summed E-state index contributed by atoms with van der Waals surface area (Å²) in [6, 6.07) is 7.93. The Morgan fingerprint density at radius 1 is 1.60 bits per heavy atom. The van der Waals surface area contributed by atoms with Crippen molar-refractivity contribution in [3.8, 4) is 18.1 Å². The molecule has 0 spiro atoms. The van der Waals surface area contributed by atoms with Crippen LogP contribution < -0.4 is 10.5 Å². The Labute approximate surface area is 94.2 Å². The van der Waals surface area contributed by atoms with Crippen LogP contribution in [0.5, 0.6) is 5.75 Å². The summed E-state index contributed by atoms with van der Waals surface area (Å²) >= 11 is 1.78. The molecule has 0 radical (unpaired) electrons. The molecule has 0 saturated heterocycles. The van der Waals surface area contributed by atoms with Crippen LogP contribution in [0.4, 0.5) is 0 Å². The Morgan fingerprint density at radius 3 is 3.20 bits per heavy atom. The van der Waals surface area contributed by atoms with E-state index in [1.54, 1.807) is 11.8 Å². The highest BCUT2D eigenvalue weighted by Gasteiger charge is 2.24. The fourth-order valence-electron chi connectivity index (χ4n) is 1.51.